The van der Waals surface area contributed by atoms with E-state index in [0.29, 0.717) is 5.56 Å². The summed E-state index contributed by atoms with van der Waals surface area (Å²) in [7, 11) is 0. The monoisotopic (exact) mass is 241 g/mol. The van der Waals surface area contributed by atoms with Gasteiger partial charge in [0.15, 0.2) is 0 Å². The highest BCUT2D eigenvalue weighted by Crippen LogP contribution is 2.28. The van der Waals surface area contributed by atoms with Crippen LogP contribution in [-0.2, 0) is 4.74 Å². The first-order chi connectivity index (χ1) is 8.40. The largest absolute Gasteiger partial charge is 0.390 e. The molecule has 0 saturated carbocycles. The number of aliphatic hydroxyl groups excluding tert-OH is 1. The fourth-order valence-electron chi connectivity index (χ4n) is 1.95. The van der Waals surface area contributed by atoms with E-state index < -0.39 is 36.1 Å². The van der Waals surface area contributed by atoms with E-state index in [0.717, 1.165) is 0 Å². The number of hydrogen-bond acceptors (Lipinski definition) is 4. The van der Waals surface area contributed by atoms with Gasteiger partial charge in [0.2, 0.25) is 0 Å². The van der Waals surface area contributed by atoms with Gasteiger partial charge in [-0.1, -0.05) is 6.92 Å². The van der Waals surface area contributed by atoms with Crippen LogP contribution in [0.4, 0.5) is 0 Å². The first-order valence-corrected chi connectivity index (χ1v) is 5.48. The Morgan fingerprint density at radius 2 is 2.41 bits per heavy atom. The van der Waals surface area contributed by atoms with Crippen molar-refractivity contribution in [3.05, 3.63) is 32.6 Å². The molecule has 0 radical (unpaired) electrons. The molecule has 2 heterocycles. The molecule has 2 rings (SSSR count). The maximum Gasteiger partial charge on any atom is 0.330 e. The van der Waals surface area contributed by atoms with Gasteiger partial charge >= 0.3 is 5.69 Å². The highest BCUT2D eigenvalue weighted by Gasteiger charge is 2.34. The van der Waals surface area contributed by atoms with Crippen LogP contribution in [0.1, 0.15) is 32.9 Å². The van der Waals surface area contributed by atoms with Crippen LogP contribution in [0.3, 0.4) is 0 Å². The molecule has 1 saturated heterocycles. The molecule has 0 aliphatic carbocycles. The normalized spacial score (nSPS) is 31.2. The number of aromatic nitrogens is 2. The quantitative estimate of drug-likeness (QED) is 0.757. The van der Waals surface area contributed by atoms with Crippen LogP contribution in [0, 0.1) is 6.92 Å². The van der Waals surface area contributed by atoms with E-state index in [2.05, 4.69) is 4.98 Å². The molecule has 0 spiro atoms. The van der Waals surface area contributed by atoms with Crippen LogP contribution < -0.4 is 11.2 Å². The van der Waals surface area contributed by atoms with Gasteiger partial charge in [-0.25, -0.2) is 4.79 Å². The SMILES string of the molecule is [2H][C@@H](C)[C@H]1O[C@@H](n2cc(C)c(=O)[nH]c2=O)C[C@@H]1O. The first kappa shape index (κ1) is 10.7. The third-order valence-electron chi connectivity index (χ3n) is 2.92. The molecule has 0 bridgehead atoms. The molecule has 17 heavy (non-hydrogen) atoms. The van der Waals surface area contributed by atoms with Crippen molar-refractivity contribution in [3.8, 4) is 0 Å². The number of nitrogens with zero attached hydrogens (tertiary/aromatic N) is 1. The Kier molecular flexibility index (Phi) is 2.82. The lowest BCUT2D eigenvalue weighted by Gasteiger charge is -2.14. The van der Waals surface area contributed by atoms with Crippen LogP contribution in [-0.4, -0.2) is 26.9 Å². The van der Waals surface area contributed by atoms with E-state index in [1.54, 1.807) is 13.8 Å². The molecule has 1 aliphatic rings. The Bertz CT molecular complexity index is 551. The van der Waals surface area contributed by atoms with E-state index in [4.69, 9.17) is 6.11 Å². The standard InChI is InChI=1S/C11H16N2O4/c1-3-8-7(14)4-9(17-8)13-5-6(2)10(15)12-11(13)16/h5,7-9,14H,3-4H2,1-2H3,(H,12,15,16)/t7-,8+,9+/m0/s1/i3D/t3-,7-,8+,9+. The third-order valence-corrected chi connectivity index (χ3v) is 2.92. The summed E-state index contributed by atoms with van der Waals surface area (Å²) in [6.45, 7) is 3.21. The zero-order valence-electron chi connectivity index (χ0n) is 10.7. The summed E-state index contributed by atoms with van der Waals surface area (Å²) in [6.07, 6.45) is -0.962. The van der Waals surface area contributed by atoms with E-state index in [1.807, 2.05) is 0 Å². The Morgan fingerprint density at radius 1 is 1.71 bits per heavy atom. The molecule has 2 N–H and O–H groups in total. The van der Waals surface area contributed by atoms with Crippen molar-refractivity contribution in [2.75, 3.05) is 0 Å². The highest BCUT2D eigenvalue weighted by atomic mass is 16.5. The van der Waals surface area contributed by atoms with E-state index in [-0.39, 0.29) is 6.42 Å². The Morgan fingerprint density at radius 3 is 3.00 bits per heavy atom. The van der Waals surface area contributed by atoms with Gasteiger partial charge in [0.1, 0.15) is 6.23 Å². The number of hydrogen-bond donors (Lipinski definition) is 2. The Balaban J connectivity index is 2.32. The summed E-state index contributed by atoms with van der Waals surface area (Å²) in [6, 6.07) is 0. The number of H-pyrrole nitrogens is 1. The minimum absolute atomic E-state index is 0.235. The maximum atomic E-state index is 11.7. The second-order valence-corrected chi connectivity index (χ2v) is 4.17. The molecule has 6 heteroatoms. The van der Waals surface area contributed by atoms with Gasteiger partial charge in [-0.15, -0.1) is 0 Å². The summed E-state index contributed by atoms with van der Waals surface area (Å²) in [4.78, 5) is 25.1. The van der Waals surface area contributed by atoms with Crippen molar-refractivity contribution in [1.82, 2.24) is 9.55 Å². The molecular weight excluding hydrogens is 224 g/mol. The average Bonchev–Trinajstić information content (AvgIpc) is 2.65. The molecule has 0 unspecified atom stereocenters. The minimum Gasteiger partial charge on any atom is -0.390 e. The Hall–Kier alpha value is -1.40. The number of nitrogens with one attached hydrogen (secondary N) is 1. The van der Waals surface area contributed by atoms with Crippen LogP contribution in [0.25, 0.3) is 0 Å². The zero-order valence-corrected chi connectivity index (χ0v) is 9.71. The summed E-state index contributed by atoms with van der Waals surface area (Å²) >= 11 is 0. The van der Waals surface area contributed by atoms with E-state index in [1.165, 1.54) is 10.8 Å². The van der Waals surface area contributed by atoms with Crippen molar-refractivity contribution in [2.24, 2.45) is 0 Å². The number of aryl methyl sites for hydroxylation is 1. The van der Waals surface area contributed by atoms with Gasteiger partial charge in [0.25, 0.3) is 5.56 Å². The van der Waals surface area contributed by atoms with Gasteiger partial charge in [0.05, 0.1) is 12.2 Å². The second-order valence-electron chi connectivity index (χ2n) is 4.17. The van der Waals surface area contributed by atoms with Crippen LogP contribution >= 0.6 is 0 Å². The van der Waals surface area contributed by atoms with Crippen LogP contribution in [0.5, 0.6) is 0 Å². The van der Waals surface area contributed by atoms with Gasteiger partial charge in [0, 0.05) is 19.6 Å². The lowest BCUT2D eigenvalue weighted by molar-refractivity contribution is -0.0218. The predicted octanol–water partition coefficient (Wildman–Crippen LogP) is -0.0966. The summed E-state index contributed by atoms with van der Waals surface area (Å²) in [5.74, 6) is 0. The fraction of sp³-hybridized carbons (Fsp3) is 0.636. The first-order valence-electron chi connectivity index (χ1n) is 6.05. The predicted molar refractivity (Wildman–Crippen MR) is 60.9 cm³/mol. The number of rotatable bonds is 2. The van der Waals surface area contributed by atoms with Gasteiger partial charge in [-0.2, -0.15) is 0 Å². The molecule has 94 valence electrons. The van der Waals surface area contributed by atoms with Gasteiger partial charge in [-0.3, -0.25) is 14.3 Å². The summed E-state index contributed by atoms with van der Waals surface area (Å²) in [5, 5.41) is 9.77. The van der Waals surface area contributed by atoms with Crippen molar-refractivity contribution in [1.29, 1.82) is 0 Å². The van der Waals surface area contributed by atoms with E-state index >= 15 is 0 Å². The maximum absolute atomic E-state index is 11.7. The summed E-state index contributed by atoms with van der Waals surface area (Å²) in [5.41, 5.74) is -0.601. The van der Waals surface area contributed by atoms with Crippen molar-refractivity contribution in [2.45, 2.75) is 45.1 Å². The average molecular weight is 241 g/mol. The van der Waals surface area contributed by atoms with Crippen molar-refractivity contribution >= 4 is 0 Å². The minimum atomic E-state index is -0.776. The molecule has 1 fully saturated rings. The highest BCUT2D eigenvalue weighted by molar-refractivity contribution is 5.01. The molecule has 4 atom stereocenters. The summed E-state index contributed by atoms with van der Waals surface area (Å²) < 4.78 is 14.3. The van der Waals surface area contributed by atoms with Crippen LogP contribution in [0.2, 0.25) is 0 Å². The topological polar surface area (TPSA) is 84.3 Å². The lowest BCUT2D eigenvalue weighted by atomic mass is 10.1. The molecule has 0 amide bonds. The lowest BCUT2D eigenvalue weighted by Crippen LogP contribution is -2.33. The zero-order chi connectivity index (χ0) is 13.4. The number of aliphatic hydroxyl groups is 1. The molecule has 0 aromatic carbocycles. The van der Waals surface area contributed by atoms with Crippen LogP contribution in [0.15, 0.2) is 15.8 Å². The van der Waals surface area contributed by atoms with Crippen molar-refractivity contribution < 1.29 is 11.2 Å². The number of aromatic amines is 1. The molecule has 1 aliphatic heterocycles. The number of ether oxygens (including phenoxy) is 1. The smallest absolute Gasteiger partial charge is 0.330 e. The second kappa shape index (κ2) is 4.46. The van der Waals surface area contributed by atoms with Gasteiger partial charge < -0.3 is 9.84 Å². The van der Waals surface area contributed by atoms with E-state index in [9.17, 15) is 14.7 Å². The molecule has 1 aromatic rings. The molecule has 6 nitrogen and oxygen atoms in total. The fourth-order valence-corrected chi connectivity index (χ4v) is 1.95. The molecular formula is C11H16N2O4. The van der Waals surface area contributed by atoms with Gasteiger partial charge in [-0.05, 0) is 13.3 Å². The third kappa shape index (κ3) is 2.18. The Labute approximate surface area is 99.3 Å². The molecule has 1 aromatic heterocycles. The van der Waals surface area contributed by atoms with Crippen molar-refractivity contribution in [3.63, 3.8) is 0 Å².